The fourth-order valence-corrected chi connectivity index (χ4v) is 3.58. The van der Waals surface area contributed by atoms with Crippen LogP contribution in [0.15, 0.2) is 48.5 Å². The normalized spacial score (nSPS) is 15.5. The predicted octanol–water partition coefficient (Wildman–Crippen LogP) is 5.35. The van der Waals surface area contributed by atoms with Gasteiger partial charge in [-0.05, 0) is 19.8 Å². The number of aromatic nitrogens is 2. The van der Waals surface area contributed by atoms with Gasteiger partial charge in [0.1, 0.15) is 5.69 Å². The summed E-state index contributed by atoms with van der Waals surface area (Å²) in [5.41, 5.74) is 3.33. The van der Waals surface area contributed by atoms with Crippen molar-refractivity contribution in [2.75, 3.05) is 5.32 Å². The van der Waals surface area contributed by atoms with Gasteiger partial charge >= 0.3 is 0 Å². The Balaban J connectivity index is 1.75. The van der Waals surface area contributed by atoms with Gasteiger partial charge in [0, 0.05) is 22.4 Å². The van der Waals surface area contributed by atoms with E-state index in [1.165, 1.54) is 37.7 Å². The predicted molar refractivity (Wildman–Crippen MR) is 100 cm³/mol. The van der Waals surface area contributed by atoms with E-state index in [-0.39, 0.29) is 0 Å². The number of rotatable bonds is 3. The molecule has 0 radical (unpaired) electrons. The lowest BCUT2D eigenvalue weighted by molar-refractivity contribution is 0.462. The van der Waals surface area contributed by atoms with Crippen molar-refractivity contribution in [3.8, 4) is 11.3 Å². The Morgan fingerprint density at radius 3 is 2.29 bits per heavy atom. The monoisotopic (exact) mass is 317 g/mol. The van der Waals surface area contributed by atoms with Crippen LogP contribution >= 0.6 is 0 Å². The van der Waals surface area contributed by atoms with Crippen molar-refractivity contribution >= 4 is 16.6 Å². The molecule has 0 saturated heterocycles. The minimum absolute atomic E-state index is 0.529. The summed E-state index contributed by atoms with van der Waals surface area (Å²) < 4.78 is 0. The van der Waals surface area contributed by atoms with Crippen molar-refractivity contribution in [1.82, 2.24) is 10.2 Å². The average molecular weight is 317 g/mol. The third-order valence-electron chi connectivity index (χ3n) is 4.96. The minimum Gasteiger partial charge on any atom is -0.365 e. The van der Waals surface area contributed by atoms with Crippen molar-refractivity contribution in [2.24, 2.45) is 0 Å². The van der Waals surface area contributed by atoms with E-state index in [2.05, 4.69) is 71.0 Å². The Labute approximate surface area is 143 Å². The van der Waals surface area contributed by atoms with Crippen LogP contribution in [0, 0.1) is 6.92 Å². The first-order valence-electron chi connectivity index (χ1n) is 8.90. The number of benzene rings is 2. The van der Waals surface area contributed by atoms with Gasteiger partial charge in [-0.15, -0.1) is 10.2 Å². The largest absolute Gasteiger partial charge is 0.365 e. The van der Waals surface area contributed by atoms with E-state index in [0.29, 0.717) is 6.04 Å². The second-order valence-corrected chi connectivity index (χ2v) is 6.79. The molecule has 4 rings (SSSR count). The van der Waals surface area contributed by atoms with Gasteiger partial charge in [0.2, 0.25) is 0 Å². The van der Waals surface area contributed by atoms with Crippen LogP contribution in [-0.2, 0) is 0 Å². The molecule has 1 aromatic heterocycles. The molecular weight excluding hydrogens is 294 g/mol. The zero-order valence-corrected chi connectivity index (χ0v) is 14.1. The van der Waals surface area contributed by atoms with Crippen molar-refractivity contribution in [1.29, 1.82) is 0 Å². The smallest absolute Gasteiger partial charge is 0.156 e. The lowest BCUT2D eigenvalue weighted by atomic mass is 9.95. The van der Waals surface area contributed by atoms with Crippen LogP contribution in [0.2, 0.25) is 0 Å². The number of hydrogen-bond donors (Lipinski definition) is 1. The molecular formula is C21H23N3. The van der Waals surface area contributed by atoms with Crippen molar-refractivity contribution < 1.29 is 0 Å². The van der Waals surface area contributed by atoms with Crippen LogP contribution in [0.25, 0.3) is 22.0 Å². The van der Waals surface area contributed by atoms with Gasteiger partial charge in [-0.3, -0.25) is 0 Å². The summed E-state index contributed by atoms with van der Waals surface area (Å²) >= 11 is 0. The van der Waals surface area contributed by atoms with Crippen LogP contribution in [0.5, 0.6) is 0 Å². The second-order valence-electron chi connectivity index (χ2n) is 6.79. The number of nitrogens with one attached hydrogen (secondary N) is 1. The Morgan fingerprint density at radius 2 is 1.54 bits per heavy atom. The molecule has 122 valence electrons. The summed E-state index contributed by atoms with van der Waals surface area (Å²) in [6, 6.07) is 17.5. The number of hydrogen-bond acceptors (Lipinski definition) is 3. The zero-order chi connectivity index (χ0) is 16.4. The summed E-state index contributed by atoms with van der Waals surface area (Å²) in [7, 11) is 0. The highest BCUT2D eigenvalue weighted by molar-refractivity contribution is 6.00. The van der Waals surface area contributed by atoms with Crippen LogP contribution in [0.1, 0.15) is 37.7 Å². The first kappa shape index (κ1) is 15.1. The molecule has 1 aliphatic rings. The standard InChI is InChI=1S/C21H23N3/c1-15-11-13-16(14-12-15)20-18-9-5-6-10-19(18)21(24-23-20)22-17-7-3-2-4-8-17/h5-6,9-14,17H,2-4,7-8H2,1H3,(H,22,24). The molecule has 3 heteroatoms. The summed E-state index contributed by atoms with van der Waals surface area (Å²) in [5.74, 6) is 0.924. The molecule has 0 aliphatic heterocycles. The quantitative estimate of drug-likeness (QED) is 0.707. The average Bonchev–Trinajstić information content (AvgIpc) is 2.64. The summed E-state index contributed by atoms with van der Waals surface area (Å²) in [6.45, 7) is 2.10. The number of nitrogens with zero attached hydrogens (tertiary/aromatic N) is 2. The molecule has 3 aromatic rings. The molecule has 1 heterocycles. The van der Waals surface area contributed by atoms with Crippen LogP contribution in [0.3, 0.4) is 0 Å². The molecule has 1 N–H and O–H groups in total. The zero-order valence-electron chi connectivity index (χ0n) is 14.1. The van der Waals surface area contributed by atoms with Gasteiger partial charge in [-0.2, -0.15) is 0 Å². The third kappa shape index (κ3) is 2.99. The Hall–Kier alpha value is -2.42. The molecule has 24 heavy (non-hydrogen) atoms. The van der Waals surface area contributed by atoms with Crippen LogP contribution in [-0.4, -0.2) is 16.2 Å². The van der Waals surface area contributed by atoms with Gasteiger partial charge in [0.05, 0.1) is 0 Å². The van der Waals surface area contributed by atoms with E-state index in [1.54, 1.807) is 0 Å². The fourth-order valence-electron chi connectivity index (χ4n) is 3.58. The molecule has 0 atom stereocenters. The maximum Gasteiger partial charge on any atom is 0.156 e. The van der Waals surface area contributed by atoms with Gasteiger partial charge in [0.25, 0.3) is 0 Å². The number of fused-ring (bicyclic) bond motifs is 1. The molecule has 1 fully saturated rings. The van der Waals surface area contributed by atoms with Gasteiger partial charge in [-0.25, -0.2) is 0 Å². The highest BCUT2D eigenvalue weighted by atomic mass is 15.2. The first-order valence-corrected chi connectivity index (χ1v) is 8.90. The van der Waals surface area contributed by atoms with Crippen molar-refractivity contribution in [2.45, 2.75) is 45.1 Å². The number of anilines is 1. The number of aryl methyl sites for hydroxylation is 1. The minimum atomic E-state index is 0.529. The molecule has 3 nitrogen and oxygen atoms in total. The lowest BCUT2D eigenvalue weighted by Gasteiger charge is -2.23. The van der Waals surface area contributed by atoms with Crippen LogP contribution < -0.4 is 5.32 Å². The second kappa shape index (κ2) is 6.60. The molecule has 1 aliphatic carbocycles. The fraction of sp³-hybridized carbons (Fsp3) is 0.333. The first-order chi connectivity index (χ1) is 11.8. The van der Waals surface area contributed by atoms with Crippen LogP contribution in [0.4, 0.5) is 5.82 Å². The van der Waals surface area contributed by atoms with Gasteiger partial charge in [0.15, 0.2) is 5.82 Å². The Kier molecular flexibility index (Phi) is 4.16. The topological polar surface area (TPSA) is 37.8 Å². The van der Waals surface area contributed by atoms with E-state index >= 15 is 0 Å². The Bertz CT molecular complexity index is 833. The van der Waals surface area contributed by atoms with E-state index in [1.807, 2.05) is 0 Å². The highest BCUT2D eigenvalue weighted by Crippen LogP contribution is 2.31. The highest BCUT2D eigenvalue weighted by Gasteiger charge is 2.16. The maximum atomic E-state index is 4.56. The van der Waals surface area contributed by atoms with E-state index in [4.69, 9.17) is 0 Å². The van der Waals surface area contributed by atoms with Gasteiger partial charge in [-0.1, -0.05) is 73.4 Å². The molecule has 0 unspecified atom stereocenters. The molecule has 0 spiro atoms. The van der Waals surface area contributed by atoms with Gasteiger partial charge < -0.3 is 5.32 Å². The Morgan fingerprint density at radius 1 is 0.833 bits per heavy atom. The molecule has 0 bridgehead atoms. The van der Waals surface area contributed by atoms with E-state index in [0.717, 1.165) is 27.8 Å². The lowest BCUT2D eigenvalue weighted by Crippen LogP contribution is -2.23. The molecule has 1 saturated carbocycles. The van der Waals surface area contributed by atoms with E-state index < -0.39 is 0 Å². The molecule has 0 amide bonds. The SMILES string of the molecule is Cc1ccc(-c2nnc(NC3CCCCC3)c3ccccc23)cc1. The van der Waals surface area contributed by atoms with E-state index in [9.17, 15) is 0 Å². The molecule has 2 aromatic carbocycles. The maximum absolute atomic E-state index is 4.56. The summed E-state index contributed by atoms with van der Waals surface area (Å²) in [4.78, 5) is 0. The summed E-state index contributed by atoms with van der Waals surface area (Å²) in [6.07, 6.45) is 6.44. The van der Waals surface area contributed by atoms with Crippen molar-refractivity contribution in [3.05, 3.63) is 54.1 Å². The van der Waals surface area contributed by atoms with Crippen molar-refractivity contribution in [3.63, 3.8) is 0 Å². The summed E-state index contributed by atoms with van der Waals surface area (Å²) in [5, 5.41) is 15.1. The third-order valence-corrected chi connectivity index (χ3v) is 4.96.